The number of aromatic nitrogens is 1. The van der Waals surface area contributed by atoms with Crippen LogP contribution in [0.1, 0.15) is 32.1 Å². The zero-order chi connectivity index (χ0) is 17.6. The summed E-state index contributed by atoms with van der Waals surface area (Å²) in [4.78, 5) is 32.0. The average molecular weight is 342 g/mol. The van der Waals surface area contributed by atoms with Crippen LogP contribution in [0.4, 0.5) is 11.5 Å². The van der Waals surface area contributed by atoms with E-state index in [0.717, 1.165) is 36.9 Å². The fourth-order valence-corrected chi connectivity index (χ4v) is 3.27. The molecule has 0 unspecified atom stereocenters. The maximum atomic E-state index is 12.0. The normalized spacial score (nSPS) is 17.8. The van der Waals surface area contributed by atoms with E-state index in [1.165, 1.54) is 25.3 Å². The highest BCUT2D eigenvalue weighted by atomic mass is 16.2. The van der Waals surface area contributed by atoms with Crippen LogP contribution in [0.3, 0.4) is 0 Å². The SMILES string of the molecule is C=CC(=O)N1CCN(c2ccc(NC(=O)CCC3CCC3)cn2)CC1. The molecule has 1 aromatic heterocycles. The lowest BCUT2D eigenvalue weighted by Crippen LogP contribution is -2.48. The fourth-order valence-electron chi connectivity index (χ4n) is 3.27. The van der Waals surface area contributed by atoms with Crippen LogP contribution in [0.25, 0.3) is 0 Å². The van der Waals surface area contributed by atoms with Gasteiger partial charge in [-0.3, -0.25) is 9.59 Å². The first-order valence-corrected chi connectivity index (χ1v) is 9.08. The quantitative estimate of drug-likeness (QED) is 0.807. The van der Waals surface area contributed by atoms with E-state index in [9.17, 15) is 9.59 Å². The number of nitrogens with zero attached hydrogens (tertiary/aromatic N) is 3. The number of hydrogen-bond acceptors (Lipinski definition) is 4. The summed E-state index contributed by atoms with van der Waals surface area (Å²) in [6, 6.07) is 3.82. The van der Waals surface area contributed by atoms with Gasteiger partial charge in [0.05, 0.1) is 11.9 Å². The van der Waals surface area contributed by atoms with Crippen molar-refractivity contribution in [2.75, 3.05) is 36.4 Å². The predicted octanol–water partition coefficient (Wildman–Crippen LogP) is 2.44. The molecule has 6 heteroatoms. The highest BCUT2D eigenvalue weighted by Gasteiger charge is 2.20. The van der Waals surface area contributed by atoms with Crippen LogP contribution in [0.5, 0.6) is 0 Å². The number of carbonyl (C=O) groups excluding carboxylic acids is 2. The number of hydrogen-bond donors (Lipinski definition) is 1. The molecule has 1 saturated heterocycles. The third-order valence-corrected chi connectivity index (χ3v) is 5.13. The lowest BCUT2D eigenvalue weighted by atomic mass is 9.82. The highest BCUT2D eigenvalue weighted by Crippen LogP contribution is 2.30. The summed E-state index contributed by atoms with van der Waals surface area (Å²) in [6.07, 6.45) is 8.50. The number of anilines is 2. The molecule has 25 heavy (non-hydrogen) atoms. The van der Waals surface area contributed by atoms with Crippen LogP contribution in [0.15, 0.2) is 31.0 Å². The Morgan fingerprint density at radius 3 is 2.56 bits per heavy atom. The molecule has 2 fully saturated rings. The van der Waals surface area contributed by atoms with Gasteiger partial charge < -0.3 is 15.1 Å². The molecular weight excluding hydrogens is 316 g/mol. The Bertz CT molecular complexity index is 617. The summed E-state index contributed by atoms with van der Waals surface area (Å²) in [5.74, 6) is 1.67. The Balaban J connectivity index is 1.46. The van der Waals surface area contributed by atoms with Gasteiger partial charge in [-0.2, -0.15) is 0 Å². The molecule has 1 aliphatic carbocycles. The van der Waals surface area contributed by atoms with Crippen molar-refractivity contribution in [3.05, 3.63) is 31.0 Å². The number of rotatable bonds is 6. The van der Waals surface area contributed by atoms with E-state index in [-0.39, 0.29) is 11.8 Å². The van der Waals surface area contributed by atoms with Crippen molar-refractivity contribution >= 4 is 23.3 Å². The topological polar surface area (TPSA) is 65.5 Å². The maximum absolute atomic E-state index is 12.0. The minimum Gasteiger partial charge on any atom is -0.353 e. The average Bonchev–Trinajstić information content (AvgIpc) is 2.60. The van der Waals surface area contributed by atoms with Crippen molar-refractivity contribution in [1.29, 1.82) is 0 Å². The number of nitrogens with one attached hydrogen (secondary N) is 1. The minimum absolute atomic E-state index is 0.0208. The molecule has 2 amide bonds. The van der Waals surface area contributed by atoms with Gasteiger partial charge in [0.25, 0.3) is 0 Å². The molecule has 2 aliphatic rings. The Kier molecular flexibility index (Phi) is 5.68. The summed E-state index contributed by atoms with van der Waals surface area (Å²) < 4.78 is 0. The molecule has 1 saturated carbocycles. The second-order valence-electron chi connectivity index (χ2n) is 6.81. The van der Waals surface area contributed by atoms with Gasteiger partial charge in [-0.15, -0.1) is 0 Å². The molecule has 3 rings (SSSR count). The zero-order valence-corrected chi connectivity index (χ0v) is 14.6. The molecule has 1 aliphatic heterocycles. The second-order valence-corrected chi connectivity index (χ2v) is 6.81. The van der Waals surface area contributed by atoms with E-state index in [1.54, 1.807) is 11.1 Å². The molecule has 0 bridgehead atoms. The van der Waals surface area contributed by atoms with Crippen molar-refractivity contribution < 1.29 is 9.59 Å². The first-order chi connectivity index (χ1) is 12.2. The largest absolute Gasteiger partial charge is 0.353 e. The van der Waals surface area contributed by atoms with Gasteiger partial charge in [-0.05, 0) is 30.5 Å². The Morgan fingerprint density at radius 1 is 1.24 bits per heavy atom. The Morgan fingerprint density at radius 2 is 2.00 bits per heavy atom. The molecule has 134 valence electrons. The van der Waals surface area contributed by atoms with Crippen molar-refractivity contribution in [3.8, 4) is 0 Å². The molecule has 2 heterocycles. The third kappa shape index (κ3) is 4.59. The van der Waals surface area contributed by atoms with E-state index in [1.807, 2.05) is 12.1 Å². The van der Waals surface area contributed by atoms with Gasteiger partial charge in [0.2, 0.25) is 11.8 Å². The molecule has 0 atom stereocenters. The molecule has 1 N–H and O–H groups in total. The van der Waals surface area contributed by atoms with E-state index >= 15 is 0 Å². The number of amides is 2. The van der Waals surface area contributed by atoms with Gasteiger partial charge in [0, 0.05) is 32.6 Å². The first-order valence-electron chi connectivity index (χ1n) is 9.08. The monoisotopic (exact) mass is 342 g/mol. The summed E-state index contributed by atoms with van der Waals surface area (Å²) >= 11 is 0. The maximum Gasteiger partial charge on any atom is 0.246 e. The van der Waals surface area contributed by atoms with Crippen molar-refractivity contribution in [1.82, 2.24) is 9.88 Å². The van der Waals surface area contributed by atoms with Crippen LogP contribution in [-0.4, -0.2) is 47.9 Å². The van der Waals surface area contributed by atoms with E-state index in [0.29, 0.717) is 19.5 Å². The third-order valence-electron chi connectivity index (χ3n) is 5.13. The lowest BCUT2D eigenvalue weighted by Gasteiger charge is -2.34. The van der Waals surface area contributed by atoms with Crippen LogP contribution in [0, 0.1) is 5.92 Å². The fraction of sp³-hybridized carbons (Fsp3) is 0.526. The van der Waals surface area contributed by atoms with E-state index in [2.05, 4.69) is 21.8 Å². The predicted molar refractivity (Wildman–Crippen MR) is 98.4 cm³/mol. The smallest absolute Gasteiger partial charge is 0.246 e. The molecular formula is C19H26N4O2. The van der Waals surface area contributed by atoms with Gasteiger partial charge in [0.15, 0.2) is 0 Å². The van der Waals surface area contributed by atoms with E-state index in [4.69, 9.17) is 0 Å². The number of carbonyl (C=O) groups is 2. The van der Waals surface area contributed by atoms with Crippen LogP contribution in [0.2, 0.25) is 0 Å². The van der Waals surface area contributed by atoms with Gasteiger partial charge in [0.1, 0.15) is 5.82 Å². The standard InChI is InChI=1S/C19H26N4O2/c1-2-19(25)23-12-10-22(11-13-23)17-8-7-16(14-20-17)21-18(24)9-6-15-4-3-5-15/h2,7-8,14-15H,1,3-6,9-13H2,(H,21,24). The van der Waals surface area contributed by atoms with Gasteiger partial charge in [-0.1, -0.05) is 25.8 Å². The van der Waals surface area contributed by atoms with Gasteiger partial charge >= 0.3 is 0 Å². The lowest BCUT2D eigenvalue weighted by molar-refractivity contribution is -0.126. The number of piperazine rings is 1. The molecule has 0 radical (unpaired) electrons. The van der Waals surface area contributed by atoms with E-state index < -0.39 is 0 Å². The molecule has 0 spiro atoms. The minimum atomic E-state index is -0.0208. The van der Waals surface area contributed by atoms with Crippen molar-refractivity contribution in [2.24, 2.45) is 5.92 Å². The van der Waals surface area contributed by atoms with Gasteiger partial charge in [-0.25, -0.2) is 4.98 Å². The number of pyridine rings is 1. The summed E-state index contributed by atoms with van der Waals surface area (Å²) in [5.41, 5.74) is 0.739. The molecule has 0 aromatic carbocycles. The molecule has 6 nitrogen and oxygen atoms in total. The highest BCUT2D eigenvalue weighted by molar-refractivity contribution is 5.90. The molecule has 1 aromatic rings. The zero-order valence-electron chi connectivity index (χ0n) is 14.6. The summed E-state index contributed by atoms with van der Waals surface area (Å²) in [5, 5.41) is 2.92. The van der Waals surface area contributed by atoms with Crippen LogP contribution in [-0.2, 0) is 9.59 Å². The van der Waals surface area contributed by atoms with Crippen molar-refractivity contribution in [2.45, 2.75) is 32.1 Å². The summed E-state index contributed by atoms with van der Waals surface area (Å²) in [6.45, 7) is 6.37. The van der Waals surface area contributed by atoms with Crippen LogP contribution >= 0.6 is 0 Å². The second kappa shape index (κ2) is 8.14. The first kappa shape index (κ1) is 17.5. The Hall–Kier alpha value is -2.37. The summed E-state index contributed by atoms with van der Waals surface area (Å²) in [7, 11) is 0. The Labute approximate surface area is 148 Å². The van der Waals surface area contributed by atoms with Crippen LogP contribution < -0.4 is 10.2 Å². The van der Waals surface area contributed by atoms with Crippen molar-refractivity contribution in [3.63, 3.8) is 0 Å².